The van der Waals surface area contributed by atoms with Crippen LogP contribution < -0.4 is 10.5 Å². The zero-order valence-electron chi connectivity index (χ0n) is 12.1. The molecular weight excluding hydrogens is 288 g/mol. The van der Waals surface area contributed by atoms with E-state index in [0.29, 0.717) is 18.8 Å². The Kier molecular flexibility index (Phi) is 3.90. The predicted octanol–water partition coefficient (Wildman–Crippen LogP) is 0.220. The lowest BCUT2D eigenvalue weighted by molar-refractivity contribution is -0.131. The Bertz CT molecular complexity index is 709. The lowest BCUT2D eigenvalue weighted by atomic mass is 10.3. The second-order valence-corrected chi connectivity index (χ2v) is 5.10. The van der Waals surface area contributed by atoms with Crippen molar-refractivity contribution in [1.82, 2.24) is 19.7 Å². The molecule has 0 spiro atoms. The van der Waals surface area contributed by atoms with E-state index in [9.17, 15) is 9.59 Å². The number of aryl methyl sites for hydroxylation is 1. The standard InChI is InChI=1S/C14H16N4O4/c1-10-16-18(14(20)21-10)9-13(19)17-6-4-12(8-17)22-11-3-2-5-15-7-11/h2-3,5,7,12H,4,6,8-9H2,1H3. The number of likely N-dealkylation sites (tertiary alicyclic amines) is 1. The average molecular weight is 304 g/mol. The van der Waals surface area contributed by atoms with Gasteiger partial charge < -0.3 is 14.1 Å². The van der Waals surface area contributed by atoms with Crippen LogP contribution in [0.25, 0.3) is 0 Å². The van der Waals surface area contributed by atoms with Crippen molar-refractivity contribution >= 4 is 5.91 Å². The van der Waals surface area contributed by atoms with Gasteiger partial charge in [0.15, 0.2) is 0 Å². The zero-order chi connectivity index (χ0) is 15.5. The van der Waals surface area contributed by atoms with Gasteiger partial charge in [0.05, 0.1) is 12.7 Å². The Morgan fingerprint density at radius 2 is 2.41 bits per heavy atom. The van der Waals surface area contributed by atoms with Gasteiger partial charge in [-0.25, -0.2) is 4.79 Å². The maximum atomic E-state index is 12.2. The van der Waals surface area contributed by atoms with E-state index in [2.05, 4.69) is 10.1 Å². The van der Waals surface area contributed by atoms with Gasteiger partial charge in [0.1, 0.15) is 18.4 Å². The number of pyridine rings is 1. The van der Waals surface area contributed by atoms with E-state index in [-0.39, 0.29) is 24.4 Å². The van der Waals surface area contributed by atoms with E-state index in [1.807, 2.05) is 6.07 Å². The molecule has 1 aliphatic rings. The van der Waals surface area contributed by atoms with Crippen molar-refractivity contribution in [1.29, 1.82) is 0 Å². The number of amides is 1. The number of hydrogen-bond donors (Lipinski definition) is 0. The summed E-state index contributed by atoms with van der Waals surface area (Å²) < 4.78 is 11.6. The van der Waals surface area contributed by atoms with E-state index in [1.165, 1.54) is 0 Å². The molecule has 1 saturated heterocycles. The van der Waals surface area contributed by atoms with Crippen molar-refractivity contribution in [3.8, 4) is 5.75 Å². The second-order valence-electron chi connectivity index (χ2n) is 5.10. The minimum Gasteiger partial charge on any atom is -0.487 e. The molecule has 1 atom stereocenters. The molecule has 1 unspecified atom stereocenters. The molecule has 3 rings (SSSR count). The van der Waals surface area contributed by atoms with Crippen LogP contribution in [0, 0.1) is 6.92 Å². The number of carbonyl (C=O) groups is 1. The fourth-order valence-electron chi connectivity index (χ4n) is 2.40. The van der Waals surface area contributed by atoms with E-state index >= 15 is 0 Å². The van der Waals surface area contributed by atoms with Crippen molar-refractivity contribution in [2.75, 3.05) is 13.1 Å². The molecule has 8 nitrogen and oxygen atoms in total. The van der Waals surface area contributed by atoms with Crippen LogP contribution in [0.3, 0.4) is 0 Å². The zero-order valence-corrected chi connectivity index (χ0v) is 12.1. The third-order valence-electron chi connectivity index (χ3n) is 3.43. The molecule has 0 aromatic carbocycles. The topological polar surface area (TPSA) is 90.5 Å². The molecule has 2 aromatic rings. The summed E-state index contributed by atoms with van der Waals surface area (Å²) in [4.78, 5) is 29.3. The highest BCUT2D eigenvalue weighted by Gasteiger charge is 2.28. The van der Waals surface area contributed by atoms with Crippen LogP contribution >= 0.6 is 0 Å². The van der Waals surface area contributed by atoms with Crippen LogP contribution in [-0.2, 0) is 11.3 Å². The molecule has 116 valence electrons. The van der Waals surface area contributed by atoms with Crippen LogP contribution in [0.2, 0.25) is 0 Å². The number of aromatic nitrogens is 3. The molecule has 1 amide bonds. The smallest absolute Gasteiger partial charge is 0.437 e. The van der Waals surface area contributed by atoms with Crippen molar-refractivity contribution in [2.24, 2.45) is 0 Å². The first kappa shape index (κ1) is 14.3. The van der Waals surface area contributed by atoms with E-state index in [0.717, 1.165) is 11.1 Å². The van der Waals surface area contributed by atoms with Crippen molar-refractivity contribution in [3.05, 3.63) is 41.0 Å². The SMILES string of the molecule is Cc1nn(CC(=O)N2CCC(Oc3cccnc3)C2)c(=O)o1. The van der Waals surface area contributed by atoms with Gasteiger partial charge in [-0.2, -0.15) is 4.68 Å². The van der Waals surface area contributed by atoms with E-state index < -0.39 is 5.76 Å². The molecule has 1 fully saturated rings. The molecule has 3 heterocycles. The van der Waals surface area contributed by atoms with Crippen LogP contribution in [0.4, 0.5) is 0 Å². The largest absolute Gasteiger partial charge is 0.487 e. The maximum Gasteiger partial charge on any atom is 0.437 e. The third kappa shape index (κ3) is 3.16. The number of ether oxygens (including phenoxy) is 1. The van der Waals surface area contributed by atoms with Gasteiger partial charge in [-0.3, -0.25) is 9.78 Å². The number of nitrogens with zero attached hydrogens (tertiary/aromatic N) is 4. The Hall–Kier alpha value is -2.64. The Labute approximate surface area is 126 Å². The van der Waals surface area contributed by atoms with E-state index in [4.69, 9.17) is 9.15 Å². The van der Waals surface area contributed by atoms with Crippen LogP contribution in [0.1, 0.15) is 12.3 Å². The quantitative estimate of drug-likeness (QED) is 0.802. The average Bonchev–Trinajstić information content (AvgIpc) is 3.07. The van der Waals surface area contributed by atoms with Gasteiger partial charge in [-0.1, -0.05) is 0 Å². The summed E-state index contributed by atoms with van der Waals surface area (Å²) in [6, 6.07) is 3.63. The van der Waals surface area contributed by atoms with Gasteiger partial charge in [0.25, 0.3) is 0 Å². The first-order chi connectivity index (χ1) is 10.6. The third-order valence-corrected chi connectivity index (χ3v) is 3.43. The summed E-state index contributed by atoms with van der Waals surface area (Å²) in [6.07, 6.45) is 3.99. The minimum absolute atomic E-state index is 0.0658. The number of carbonyl (C=O) groups excluding carboxylic acids is 1. The second kappa shape index (κ2) is 6.00. The molecule has 0 N–H and O–H groups in total. The Morgan fingerprint density at radius 3 is 3.09 bits per heavy atom. The van der Waals surface area contributed by atoms with Gasteiger partial charge in [-0.15, -0.1) is 5.10 Å². The molecule has 0 bridgehead atoms. The van der Waals surface area contributed by atoms with Gasteiger partial charge >= 0.3 is 5.76 Å². The summed E-state index contributed by atoms with van der Waals surface area (Å²) in [5, 5.41) is 3.86. The lowest BCUT2D eigenvalue weighted by Gasteiger charge is -2.16. The number of hydrogen-bond acceptors (Lipinski definition) is 6. The summed E-state index contributed by atoms with van der Waals surface area (Å²) in [6.45, 7) is 2.53. The monoisotopic (exact) mass is 304 g/mol. The molecule has 1 aliphatic heterocycles. The van der Waals surface area contributed by atoms with Gasteiger partial charge in [0, 0.05) is 26.1 Å². The van der Waals surface area contributed by atoms with Crippen molar-refractivity contribution < 1.29 is 13.9 Å². The molecule has 22 heavy (non-hydrogen) atoms. The Morgan fingerprint density at radius 1 is 1.55 bits per heavy atom. The fourth-order valence-corrected chi connectivity index (χ4v) is 2.40. The molecule has 0 radical (unpaired) electrons. The molecular formula is C14H16N4O4. The first-order valence-electron chi connectivity index (χ1n) is 7.01. The first-order valence-corrected chi connectivity index (χ1v) is 7.01. The van der Waals surface area contributed by atoms with Crippen molar-refractivity contribution in [3.63, 3.8) is 0 Å². The van der Waals surface area contributed by atoms with Crippen molar-refractivity contribution in [2.45, 2.75) is 26.0 Å². The summed E-state index contributed by atoms with van der Waals surface area (Å²) in [7, 11) is 0. The molecule has 8 heteroatoms. The highest BCUT2D eigenvalue weighted by molar-refractivity contribution is 5.76. The predicted molar refractivity (Wildman–Crippen MR) is 75.4 cm³/mol. The van der Waals surface area contributed by atoms with Crippen LogP contribution in [0.15, 0.2) is 33.7 Å². The molecule has 0 saturated carbocycles. The van der Waals surface area contributed by atoms with Crippen LogP contribution in [-0.4, -0.2) is 44.8 Å². The summed E-state index contributed by atoms with van der Waals surface area (Å²) >= 11 is 0. The Balaban J connectivity index is 1.57. The summed E-state index contributed by atoms with van der Waals surface area (Å²) in [5.41, 5.74) is 0. The molecule has 2 aromatic heterocycles. The highest BCUT2D eigenvalue weighted by atomic mass is 16.5. The highest BCUT2D eigenvalue weighted by Crippen LogP contribution is 2.17. The fraction of sp³-hybridized carbons (Fsp3) is 0.429. The van der Waals surface area contributed by atoms with Gasteiger partial charge in [0.2, 0.25) is 11.8 Å². The van der Waals surface area contributed by atoms with Gasteiger partial charge in [-0.05, 0) is 12.1 Å². The number of rotatable bonds is 4. The summed E-state index contributed by atoms with van der Waals surface area (Å²) in [5.74, 6) is 0.142. The van der Waals surface area contributed by atoms with E-state index in [1.54, 1.807) is 30.3 Å². The lowest BCUT2D eigenvalue weighted by Crippen LogP contribution is -2.35. The normalized spacial score (nSPS) is 17.7. The van der Waals surface area contributed by atoms with Crippen LogP contribution in [0.5, 0.6) is 5.75 Å². The minimum atomic E-state index is -0.617. The molecule has 0 aliphatic carbocycles. The maximum absolute atomic E-state index is 12.2.